The molecule has 0 unspecified atom stereocenters. The van der Waals surface area contributed by atoms with Crippen LogP contribution < -0.4 is 5.32 Å². The van der Waals surface area contributed by atoms with Gasteiger partial charge in [0.2, 0.25) is 0 Å². The number of nitrogens with one attached hydrogen (secondary N) is 1. The van der Waals surface area contributed by atoms with Gasteiger partial charge in [-0.1, -0.05) is 17.7 Å². The van der Waals surface area contributed by atoms with Crippen molar-refractivity contribution < 1.29 is 28.8 Å². The number of carbonyl (C=O) groups is 4. The van der Waals surface area contributed by atoms with Crippen molar-refractivity contribution >= 4 is 46.8 Å². The molecule has 12 heteroatoms. The fourth-order valence-electron chi connectivity index (χ4n) is 2.56. The van der Waals surface area contributed by atoms with Crippen molar-refractivity contribution in [2.75, 3.05) is 18.5 Å². The highest BCUT2D eigenvalue weighted by Gasteiger charge is 2.41. The van der Waals surface area contributed by atoms with Gasteiger partial charge in [0, 0.05) is 12.3 Å². The fraction of sp³-hybridized carbons (Fsp3) is 0.118. The van der Waals surface area contributed by atoms with E-state index in [9.17, 15) is 29.3 Å². The molecule has 0 saturated heterocycles. The molecule has 1 aliphatic heterocycles. The molecule has 0 atom stereocenters. The van der Waals surface area contributed by atoms with Crippen molar-refractivity contribution in [3.63, 3.8) is 0 Å². The zero-order valence-corrected chi connectivity index (χ0v) is 15.2. The van der Waals surface area contributed by atoms with Crippen LogP contribution in [0.1, 0.15) is 20.7 Å². The summed E-state index contributed by atoms with van der Waals surface area (Å²) in [4.78, 5) is 63.0. The van der Waals surface area contributed by atoms with E-state index >= 15 is 0 Å². The summed E-state index contributed by atoms with van der Waals surface area (Å²) in [7, 11) is 0. The van der Waals surface area contributed by atoms with Gasteiger partial charge >= 0.3 is 5.97 Å². The number of nitro groups is 1. The second-order valence-electron chi connectivity index (χ2n) is 5.72. The first kappa shape index (κ1) is 19.9. The Bertz CT molecular complexity index is 1040. The van der Waals surface area contributed by atoms with Crippen LogP contribution in [0.15, 0.2) is 36.5 Å². The standard InChI is InChI=1S/C17H11ClN4O7/c18-9-4-5-12(19-6-9)20-13(23)8-29-14(24)7-21-16(25)10-2-1-3-11(22(27)28)15(10)17(21)26/h1-6H,7-8H2,(H,19,20,23). The Morgan fingerprint density at radius 1 is 1.21 bits per heavy atom. The van der Waals surface area contributed by atoms with Crippen molar-refractivity contribution in [2.24, 2.45) is 0 Å². The Labute approximate surface area is 167 Å². The SMILES string of the molecule is O=C(COC(=O)CN1C(=O)c2cccc([N+](=O)[O-])c2C1=O)Nc1ccc(Cl)cn1. The molecule has 148 valence electrons. The number of nitrogens with zero attached hydrogens (tertiary/aromatic N) is 3. The summed E-state index contributed by atoms with van der Waals surface area (Å²) >= 11 is 5.67. The minimum atomic E-state index is -1.04. The zero-order chi connectivity index (χ0) is 21.1. The number of nitro benzene ring substituents is 1. The van der Waals surface area contributed by atoms with E-state index in [2.05, 4.69) is 10.3 Å². The second kappa shape index (κ2) is 8.02. The van der Waals surface area contributed by atoms with Gasteiger partial charge in [-0.3, -0.25) is 34.2 Å². The monoisotopic (exact) mass is 418 g/mol. The molecule has 1 N–H and O–H groups in total. The summed E-state index contributed by atoms with van der Waals surface area (Å²) in [6, 6.07) is 6.53. The summed E-state index contributed by atoms with van der Waals surface area (Å²) in [6.07, 6.45) is 1.31. The molecule has 0 saturated carbocycles. The summed E-state index contributed by atoms with van der Waals surface area (Å²) in [5.41, 5.74) is -1.10. The Morgan fingerprint density at radius 3 is 2.62 bits per heavy atom. The topological polar surface area (TPSA) is 149 Å². The van der Waals surface area contributed by atoms with Crippen LogP contribution in [0.5, 0.6) is 0 Å². The van der Waals surface area contributed by atoms with E-state index in [1.165, 1.54) is 30.5 Å². The number of rotatable bonds is 6. The number of hydrogen-bond donors (Lipinski definition) is 1. The number of hydrogen-bond acceptors (Lipinski definition) is 8. The van der Waals surface area contributed by atoms with Gasteiger partial charge in [0.15, 0.2) is 6.61 Å². The van der Waals surface area contributed by atoms with Crippen molar-refractivity contribution in [1.82, 2.24) is 9.88 Å². The van der Waals surface area contributed by atoms with Crippen molar-refractivity contribution in [2.45, 2.75) is 0 Å². The molecule has 2 aromatic rings. The van der Waals surface area contributed by atoms with E-state index in [1.807, 2.05) is 0 Å². The highest BCUT2D eigenvalue weighted by Crippen LogP contribution is 2.30. The Balaban J connectivity index is 1.59. The number of ether oxygens (including phenoxy) is 1. The average molecular weight is 419 g/mol. The molecule has 2 heterocycles. The van der Waals surface area contributed by atoms with Crippen LogP contribution in [0, 0.1) is 10.1 Å². The molecule has 0 fully saturated rings. The lowest BCUT2D eigenvalue weighted by molar-refractivity contribution is -0.385. The number of pyridine rings is 1. The Hall–Kier alpha value is -3.86. The molecule has 29 heavy (non-hydrogen) atoms. The maximum atomic E-state index is 12.4. The smallest absolute Gasteiger partial charge is 0.326 e. The minimum absolute atomic E-state index is 0.177. The van der Waals surface area contributed by atoms with Crippen LogP contribution in [0.3, 0.4) is 0 Å². The predicted octanol–water partition coefficient (Wildman–Crippen LogP) is 1.42. The molecular weight excluding hydrogens is 408 g/mol. The van der Waals surface area contributed by atoms with Crippen LogP contribution in [-0.2, 0) is 14.3 Å². The van der Waals surface area contributed by atoms with Gasteiger partial charge in [-0.2, -0.15) is 0 Å². The number of carbonyl (C=O) groups excluding carboxylic acids is 4. The second-order valence-corrected chi connectivity index (χ2v) is 6.16. The van der Waals surface area contributed by atoms with E-state index in [1.54, 1.807) is 0 Å². The van der Waals surface area contributed by atoms with Crippen LogP contribution in [-0.4, -0.2) is 51.6 Å². The molecule has 1 aliphatic rings. The highest BCUT2D eigenvalue weighted by atomic mass is 35.5. The maximum absolute atomic E-state index is 12.4. The Kier molecular flexibility index (Phi) is 5.50. The molecule has 0 spiro atoms. The van der Waals surface area contributed by atoms with Crippen LogP contribution in [0.2, 0.25) is 5.02 Å². The van der Waals surface area contributed by atoms with Gasteiger partial charge in [0.25, 0.3) is 23.4 Å². The Morgan fingerprint density at radius 2 is 1.97 bits per heavy atom. The molecule has 0 radical (unpaired) electrons. The molecule has 1 aromatic carbocycles. The number of aromatic nitrogens is 1. The summed E-state index contributed by atoms with van der Waals surface area (Å²) < 4.78 is 4.75. The van der Waals surface area contributed by atoms with Crippen molar-refractivity contribution in [3.8, 4) is 0 Å². The predicted molar refractivity (Wildman–Crippen MR) is 97.3 cm³/mol. The first-order valence-electron chi connectivity index (χ1n) is 7.98. The van der Waals surface area contributed by atoms with Gasteiger partial charge in [-0.25, -0.2) is 4.98 Å². The summed E-state index contributed by atoms with van der Waals surface area (Å²) in [5.74, 6) is -3.40. The summed E-state index contributed by atoms with van der Waals surface area (Å²) in [6.45, 7) is -1.48. The normalized spacial score (nSPS) is 12.5. The fourth-order valence-corrected chi connectivity index (χ4v) is 2.67. The number of benzene rings is 1. The number of anilines is 1. The number of esters is 1. The van der Waals surface area contributed by atoms with Crippen molar-refractivity contribution in [3.05, 3.63) is 62.8 Å². The van der Waals surface area contributed by atoms with Crippen LogP contribution in [0.25, 0.3) is 0 Å². The molecule has 3 rings (SSSR count). The minimum Gasteiger partial charge on any atom is -0.454 e. The third kappa shape index (κ3) is 4.19. The van der Waals surface area contributed by atoms with E-state index in [4.69, 9.17) is 16.3 Å². The number of halogens is 1. The van der Waals surface area contributed by atoms with Gasteiger partial charge in [0.1, 0.15) is 17.9 Å². The zero-order valence-electron chi connectivity index (χ0n) is 14.5. The molecular formula is C17H11ClN4O7. The van der Waals surface area contributed by atoms with Gasteiger partial charge in [-0.15, -0.1) is 0 Å². The van der Waals surface area contributed by atoms with Gasteiger partial charge in [-0.05, 0) is 18.2 Å². The van der Waals surface area contributed by atoms with Gasteiger partial charge in [0.05, 0.1) is 15.5 Å². The van der Waals surface area contributed by atoms with Crippen LogP contribution >= 0.6 is 11.6 Å². The lowest BCUT2D eigenvalue weighted by Gasteiger charge is -2.12. The highest BCUT2D eigenvalue weighted by molar-refractivity contribution is 6.30. The van der Waals surface area contributed by atoms with E-state index in [0.717, 1.165) is 6.07 Å². The average Bonchev–Trinajstić information content (AvgIpc) is 2.93. The van der Waals surface area contributed by atoms with E-state index in [-0.39, 0.29) is 16.9 Å². The molecule has 1 aromatic heterocycles. The van der Waals surface area contributed by atoms with Crippen molar-refractivity contribution in [1.29, 1.82) is 0 Å². The molecule has 3 amide bonds. The largest absolute Gasteiger partial charge is 0.454 e. The summed E-state index contributed by atoms with van der Waals surface area (Å²) in [5, 5.41) is 13.8. The maximum Gasteiger partial charge on any atom is 0.326 e. The lowest BCUT2D eigenvalue weighted by atomic mass is 10.1. The molecule has 0 bridgehead atoms. The quantitative estimate of drug-likeness (QED) is 0.320. The first-order chi connectivity index (χ1) is 13.8. The number of imide groups is 1. The van der Waals surface area contributed by atoms with Gasteiger partial charge < -0.3 is 10.1 Å². The first-order valence-corrected chi connectivity index (χ1v) is 8.36. The van der Waals surface area contributed by atoms with E-state index in [0.29, 0.717) is 9.92 Å². The molecule has 0 aliphatic carbocycles. The number of amides is 3. The lowest BCUT2D eigenvalue weighted by Crippen LogP contribution is -2.36. The number of fused-ring (bicyclic) bond motifs is 1. The third-order valence-electron chi connectivity index (χ3n) is 3.82. The molecule has 11 nitrogen and oxygen atoms in total. The van der Waals surface area contributed by atoms with Crippen LogP contribution in [0.4, 0.5) is 11.5 Å². The third-order valence-corrected chi connectivity index (χ3v) is 4.04. The van der Waals surface area contributed by atoms with E-state index < -0.39 is 47.5 Å².